The quantitative estimate of drug-likeness (QED) is 0.861. The number of nitrogens with one attached hydrogen (secondary N) is 1. The van der Waals surface area contributed by atoms with Gasteiger partial charge in [-0.1, -0.05) is 31.5 Å². The lowest BCUT2D eigenvalue weighted by atomic mass is 10.1. The first kappa shape index (κ1) is 17.6. The highest BCUT2D eigenvalue weighted by atomic mass is 32.2. The predicted molar refractivity (Wildman–Crippen MR) is 98.1 cm³/mol. The lowest BCUT2D eigenvalue weighted by Gasteiger charge is -2.28. The van der Waals surface area contributed by atoms with Crippen molar-refractivity contribution in [1.82, 2.24) is 10.2 Å². The van der Waals surface area contributed by atoms with Crippen molar-refractivity contribution in [2.45, 2.75) is 37.7 Å². The van der Waals surface area contributed by atoms with E-state index in [9.17, 15) is 9.59 Å². The van der Waals surface area contributed by atoms with Gasteiger partial charge in [0, 0.05) is 11.3 Å². The van der Waals surface area contributed by atoms with Gasteiger partial charge in [0.2, 0.25) is 5.91 Å². The molecule has 1 fully saturated rings. The number of hydrogen-bond acceptors (Lipinski definition) is 4. The van der Waals surface area contributed by atoms with Crippen LogP contribution in [0.2, 0.25) is 0 Å². The van der Waals surface area contributed by atoms with Crippen LogP contribution in [0.25, 0.3) is 0 Å². The number of rotatable bonds is 6. The molecule has 1 aliphatic heterocycles. The van der Waals surface area contributed by atoms with Gasteiger partial charge in [0.25, 0.3) is 5.91 Å². The maximum atomic E-state index is 13.0. The van der Waals surface area contributed by atoms with Crippen LogP contribution in [0.3, 0.4) is 0 Å². The summed E-state index contributed by atoms with van der Waals surface area (Å²) >= 11 is 1.68. The maximum Gasteiger partial charge on any atom is 0.255 e. The summed E-state index contributed by atoms with van der Waals surface area (Å²) in [5.74, 6) is 1.10. The average Bonchev–Trinajstić information content (AvgIpc) is 3.30. The second-order valence-electron chi connectivity index (χ2n) is 5.97. The fourth-order valence-electron chi connectivity index (χ4n) is 2.94. The van der Waals surface area contributed by atoms with Gasteiger partial charge in [-0.3, -0.25) is 9.59 Å². The first-order valence-electron chi connectivity index (χ1n) is 8.50. The Balaban J connectivity index is 1.74. The van der Waals surface area contributed by atoms with Crippen LogP contribution in [0, 0.1) is 0 Å². The average molecular weight is 358 g/mol. The van der Waals surface area contributed by atoms with E-state index in [0.29, 0.717) is 23.6 Å². The molecular weight excluding hydrogens is 336 g/mol. The summed E-state index contributed by atoms with van der Waals surface area (Å²) in [6.07, 6.45) is 3.43. The van der Waals surface area contributed by atoms with Crippen molar-refractivity contribution in [3.8, 4) is 0 Å². The number of amides is 2. The van der Waals surface area contributed by atoms with Crippen molar-refractivity contribution in [1.29, 1.82) is 0 Å². The van der Waals surface area contributed by atoms with E-state index in [-0.39, 0.29) is 17.2 Å². The molecular formula is C19H22N2O3S. The molecule has 1 saturated heterocycles. The molecule has 1 N–H and O–H groups in total. The summed E-state index contributed by atoms with van der Waals surface area (Å²) in [6.45, 7) is 2.43. The smallest absolute Gasteiger partial charge is 0.255 e. The summed E-state index contributed by atoms with van der Waals surface area (Å²) < 4.78 is 5.25. The summed E-state index contributed by atoms with van der Waals surface area (Å²) in [7, 11) is 0. The van der Waals surface area contributed by atoms with Crippen LogP contribution in [0.5, 0.6) is 0 Å². The Labute approximate surface area is 151 Å². The van der Waals surface area contributed by atoms with Crippen LogP contribution in [-0.2, 0) is 11.3 Å². The molecule has 1 aliphatic rings. The number of carbonyl (C=O) groups excluding carboxylic acids is 2. The van der Waals surface area contributed by atoms with E-state index in [2.05, 4.69) is 12.2 Å². The molecule has 2 aromatic rings. The highest BCUT2D eigenvalue weighted by Crippen LogP contribution is 2.33. The predicted octanol–water partition coefficient (Wildman–Crippen LogP) is 3.28. The minimum absolute atomic E-state index is 0.0390. The van der Waals surface area contributed by atoms with Gasteiger partial charge >= 0.3 is 0 Å². The zero-order valence-electron chi connectivity index (χ0n) is 14.2. The van der Waals surface area contributed by atoms with Gasteiger partial charge in [0.1, 0.15) is 11.8 Å². The molecule has 2 atom stereocenters. The molecule has 1 aromatic heterocycles. The standard InChI is InChI=1S/C19H22N2O3S/c1-2-7-17-21(19(23)14-8-4-3-5-9-14)16(13-25-17)18(22)20-12-15-10-6-11-24-15/h3-6,8-11,16-17H,2,7,12-13H2,1H3,(H,20,22). The summed E-state index contributed by atoms with van der Waals surface area (Å²) in [6, 6.07) is 12.3. The van der Waals surface area contributed by atoms with E-state index in [1.165, 1.54) is 0 Å². The normalized spacial score (nSPS) is 19.8. The zero-order valence-corrected chi connectivity index (χ0v) is 15.0. The topological polar surface area (TPSA) is 62.6 Å². The molecule has 3 rings (SSSR count). The number of furan rings is 1. The SMILES string of the molecule is CCCC1SCC(C(=O)NCc2ccco2)N1C(=O)c1ccccc1. The van der Waals surface area contributed by atoms with Crippen molar-refractivity contribution in [2.24, 2.45) is 0 Å². The van der Waals surface area contributed by atoms with Gasteiger partial charge in [0.15, 0.2) is 0 Å². The van der Waals surface area contributed by atoms with Crippen LogP contribution in [0.1, 0.15) is 35.9 Å². The van der Waals surface area contributed by atoms with Crippen molar-refractivity contribution in [3.05, 3.63) is 60.1 Å². The molecule has 2 unspecified atom stereocenters. The number of benzene rings is 1. The molecule has 5 nitrogen and oxygen atoms in total. The van der Waals surface area contributed by atoms with E-state index in [1.54, 1.807) is 41.1 Å². The van der Waals surface area contributed by atoms with Crippen LogP contribution < -0.4 is 5.32 Å². The lowest BCUT2D eigenvalue weighted by molar-refractivity contribution is -0.125. The summed E-state index contributed by atoms with van der Waals surface area (Å²) in [5.41, 5.74) is 0.620. The Morgan fingerprint density at radius 3 is 2.72 bits per heavy atom. The molecule has 0 aliphatic carbocycles. The Morgan fingerprint density at radius 1 is 1.24 bits per heavy atom. The third-order valence-electron chi connectivity index (χ3n) is 4.20. The lowest BCUT2D eigenvalue weighted by Crippen LogP contribution is -2.49. The molecule has 0 radical (unpaired) electrons. The fraction of sp³-hybridized carbons (Fsp3) is 0.368. The number of carbonyl (C=O) groups is 2. The van der Waals surface area contributed by atoms with E-state index in [0.717, 1.165) is 12.8 Å². The molecule has 0 saturated carbocycles. The Hall–Kier alpha value is -2.21. The summed E-state index contributed by atoms with van der Waals surface area (Å²) in [5, 5.41) is 2.93. The molecule has 2 heterocycles. The summed E-state index contributed by atoms with van der Waals surface area (Å²) in [4.78, 5) is 27.4. The second-order valence-corrected chi connectivity index (χ2v) is 7.18. The number of nitrogens with zero attached hydrogens (tertiary/aromatic N) is 1. The van der Waals surface area contributed by atoms with Gasteiger partial charge in [-0.25, -0.2) is 0 Å². The largest absolute Gasteiger partial charge is 0.467 e. The Kier molecular flexibility index (Phi) is 5.81. The molecule has 25 heavy (non-hydrogen) atoms. The third kappa shape index (κ3) is 4.07. The first-order chi connectivity index (χ1) is 12.2. The van der Waals surface area contributed by atoms with Gasteiger partial charge in [-0.15, -0.1) is 11.8 Å². The Bertz CT molecular complexity index is 703. The van der Waals surface area contributed by atoms with E-state index < -0.39 is 6.04 Å². The van der Waals surface area contributed by atoms with E-state index in [4.69, 9.17) is 4.42 Å². The van der Waals surface area contributed by atoms with Crippen molar-refractivity contribution in [3.63, 3.8) is 0 Å². The van der Waals surface area contributed by atoms with Crippen LogP contribution in [0.15, 0.2) is 53.1 Å². The number of hydrogen-bond donors (Lipinski definition) is 1. The molecule has 132 valence electrons. The molecule has 1 aromatic carbocycles. The third-order valence-corrected chi connectivity index (χ3v) is 5.56. The molecule has 0 bridgehead atoms. The highest BCUT2D eigenvalue weighted by Gasteiger charge is 2.41. The second kappa shape index (κ2) is 8.25. The maximum absolute atomic E-state index is 13.0. The zero-order chi connectivity index (χ0) is 17.6. The molecule has 6 heteroatoms. The van der Waals surface area contributed by atoms with Gasteiger partial charge in [-0.2, -0.15) is 0 Å². The van der Waals surface area contributed by atoms with Crippen molar-refractivity contribution >= 4 is 23.6 Å². The monoisotopic (exact) mass is 358 g/mol. The first-order valence-corrected chi connectivity index (χ1v) is 9.55. The Morgan fingerprint density at radius 2 is 2.04 bits per heavy atom. The minimum atomic E-state index is -0.454. The van der Waals surface area contributed by atoms with Crippen LogP contribution in [0.4, 0.5) is 0 Å². The number of thioether (sulfide) groups is 1. The van der Waals surface area contributed by atoms with Gasteiger partial charge in [-0.05, 0) is 30.7 Å². The van der Waals surface area contributed by atoms with Crippen LogP contribution in [-0.4, -0.2) is 33.9 Å². The highest BCUT2D eigenvalue weighted by molar-refractivity contribution is 8.00. The van der Waals surface area contributed by atoms with Crippen molar-refractivity contribution < 1.29 is 14.0 Å². The van der Waals surface area contributed by atoms with Gasteiger partial charge in [0.05, 0.1) is 18.2 Å². The van der Waals surface area contributed by atoms with Crippen molar-refractivity contribution in [2.75, 3.05) is 5.75 Å². The fourth-order valence-corrected chi connectivity index (χ4v) is 4.46. The minimum Gasteiger partial charge on any atom is -0.467 e. The van der Waals surface area contributed by atoms with Crippen LogP contribution >= 0.6 is 11.8 Å². The van der Waals surface area contributed by atoms with Gasteiger partial charge < -0.3 is 14.6 Å². The molecule has 2 amide bonds. The van der Waals surface area contributed by atoms with E-state index >= 15 is 0 Å². The van der Waals surface area contributed by atoms with E-state index in [1.807, 2.05) is 24.3 Å². The molecule has 0 spiro atoms.